The number of halogens is 4. The van der Waals surface area contributed by atoms with E-state index in [1.807, 2.05) is 13.0 Å². The number of rotatable bonds is 9. The highest BCUT2D eigenvalue weighted by Gasteiger charge is 2.44. The van der Waals surface area contributed by atoms with E-state index in [0.29, 0.717) is 49.9 Å². The minimum Gasteiger partial charge on any atom is -0.381 e. The monoisotopic (exact) mass is 753 g/mol. The number of carbonyl (C=O) groups is 2. The summed E-state index contributed by atoms with van der Waals surface area (Å²) >= 11 is 6.46. The Labute approximate surface area is 312 Å². The summed E-state index contributed by atoms with van der Waals surface area (Å²) in [5, 5.41) is 8.49. The molecule has 0 radical (unpaired) electrons. The zero-order valence-corrected chi connectivity index (χ0v) is 30.1. The van der Waals surface area contributed by atoms with Crippen LogP contribution in [-0.2, 0) is 25.6 Å². The third kappa shape index (κ3) is 6.25. The number of nitrogen functional groups attached to an aromatic ring is 1. The number of aromatic nitrogens is 4. The number of fused-ring (bicyclic) bond motifs is 3. The number of aryl methyl sites for hydroxylation is 2. The van der Waals surface area contributed by atoms with Crippen molar-refractivity contribution in [1.82, 2.24) is 29.4 Å². The topological polar surface area (TPSA) is 128 Å². The van der Waals surface area contributed by atoms with Gasteiger partial charge in [-0.3, -0.25) is 19.0 Å². The zero-order chi connectivity index (χ0) is 38.1. The number of hydrogen-bond acceptors (Lipinski definition) is 6. The highest BCUT2D eigenvalue weighted by molar-refractivity contribution is 6.35. The lowest BCUT2D eigenvalue weighted by atomic mass is 9.96. The summed E-state index contributed by atoms with van der Waals surface area (Å²) in [7, 11) is 0. The van der Waals surface area contributed by atoms with Gasteiger partial charge in [-0.05, 0) is 98.4 Å². The summed E-state index contributed by atoms with van der Waals surface area (Å²) < 4.78 is 45.8. The first-order chi connectivity index (χ1) is 25.8. The molecule has 0 bridgehead atoms. The Kier molecular flexibility index (Phi) is 8.71. The van der Waals surface area contributed by atoms with Gasteiger partial charge in [-0.1, -0.05) is 48.0 Å². The van der Waals surface area contributed by atoms with Crippen LogP contribution in [0.15, 0.2) is 83.8 Å². The Morgan fingerprint density at radius 3 is 2.50 bits per heavy atom. The Bertz CT molecular complexity index is 2550. The first-order valence-electron chi connectivity index (χ1n) is 17.7. The number of nitrogens with two attached hydrogens (primary N) is 1. The maximum atomic E-state index is 14.3. The number of alkyl halides is 3. The Morgan fingerprint density at radius 1 is 1.02 bits per heavy atom. The molecule has 54 heavy (non-hydrogen) atoms. The number of carbonyl (C=O) groups excluding carboxylic acids is 2. The van der Waals surface area contributed by atoms with Crippen LogP contribution in [0.2, 0.25) is 5.02 Å². The third-order valence-electron chi connectivity index (χ3n) is 10.5. The molecule has 2 aliphatic rings. The van der Waals surface area contributed by atoms with Crippen LogP contribution in [0.3, 0.4) is 0 Å². The number of nitrogens with one attached hydrogen (secondary N) is 1. The van der Waals surface area contributed by atoms with E-state index in [0.717, 1.165) is 18.9 Å². The summed E-state index contributed by atoms with van der Waals surface area (Å²) in [4.78, 5) is 47.2. The van der Waals surface area contributed by atoms with Crippen LogP contribution in [0, 0.1) is 5.92 Å². The largest absolute Gasteiger partial charge is 0.417 e. The minimum atomic E-state index is -4.70. The van der Waals surface area contributed by atoms with E-state index in [1.54, 1.807) is 78.7 Å². The molecule has 0 saturated heterocycles. The van der Waals surface area contributed by atoms with Crippen LogP contribution in [0.5, 0.6) is 0 Å². The summed E-state index contributed by atoms with van der Waals surface area (Å²) in [6, 6.07) is 19.6. The van der Waals surface area contributed by atoms with E-state index < -0.39 is 29.6 Å². The van der Waals surface area contributed by atoms with Gasteiger partial charge in [-0.25, -0.2) is 9.50 Å². The lowest BCUT2D eigenvalue weighted by molar-refractivity contribution is -0.138. The van der Waals surface area contributed by atoms with Gasteiger partial charge in [0.2, 0.25) is 0 Å². The van der Waals surface area contributed by atoms with E-state index >= 15 is 0 Å². The van der Waals surface area contributed by atoms with Gasteiger partial charge in [-0.15, -0.1) is 5.10 Å². The summed E-state index contributed by atoms with van der Waals surface area (Å²) in [5.74, 6) is -0.901. The van der Waals surface area contributed by atoms with Gasteiger partial charge in [0.25, 0.3) is 17.4 Å². The maximum Gasteiger partial charge on any atom is 0.417 e. The van der Waals surface area contributed by atoms with Gasteiger partial charge >= 0.3 is 6.18 Å². The number of amides is 2. The number of para-hydroxylation sites is 1. The predicted octanol–water partition coefficient (Wildman–Crippen LogP) is 7.32. The standard InChI is InChI=1S/C40H35ClF3N7O3/c1-21(31-19-25-7-6-10-30(41)33(25)39(54)51(31)28-8-4-3-5-9-28)46-37(52)34-35(45)48-50-16-15-27(47-36(34)50)14-11-23-17-26-20-49(22(2)24-12-13-24)38(53)32(26)29(18-23)40(42,43)44/h3-10,15-19,21-22,24H,11-14,20H2,1-2H3,(H2,45,48)(H,46,52)/t21-,22-/m0/s1. The zero-order valence-electron chi connectivity index (χ0n) is 29.3. The summed E-state index contributed by atoms with van der Waals surface area (Å²) in [6.07, 6.45) is -0.717. The number of anilines is 1. The molecule has 10 nitrogen and oxygen atoms in total. The lowest BCUT2D eigenvalue weighted by Crippen LogP contribution is -2.35. The van der Waals surface area contributed by atoms with Crippen molar-refractivity contribution in [3.63, 3.8) is 0 Å². The number of pyridine rings is 1. The van der Waals surface area contributed by atoms with E-state index in [4.69, 9.17) is 17.3 Å². The molecular formula is C40H35ClF3N7O3. The van der Waals surface area contributed by atoms with Crippen molar-refractivity contribution >= 4 is 45.7 Å². The summed E-state index contributed by atoms with van der Waals surface area (Å²) in [6.45, 7) is 3.79. The highest BCUT2D eigenvalue weighted by atomic mass is 35.5. The molecule has 2 amide bonds. The average Bonchev–Trinajstić information content (AvgIpc) is 3.86. The van der Waals surface area contributed by atoms with Gasteiger partial charge in [-0.2, -0.15) is 13.2 Å². The molecule has 0 unspecified atom stereocenters. The first-order valence-corrected chi connectivity index (χ1v) is 18.1. The van der Waals surface area contributed by atoms with E-state index in [2.05, 4.69) is 15.4 Å². The van der Waals surface area contributed by atoms with Crippen molar-refractivity contribution in [2.45, 2.75) is 64.3 Å². The van der Waals surface area contributed by atoms with Crippen LogP contribution in [0.1, 0.15) is 81.5 Å². The molecule has 3 aromatic carbocycles. The van der Waals surface area contributed by atoms with E-state index in [9.17, 15) is 27.6 Å². The van der Waals surface area contributed by atoms with Crippen LogP contribution in [0.25, 0.3) is 22.1 Å². The van der Waals surface area contributed by atoms with Gasteiger partial charge in [0.05, 0.1) is 27.6 Å². The quantitative estimate of drug-likeness (QED) is 0.159. The fourth-order valence-corrected chi connectivity index (χ4v) is 7.79. The Hall–Kier alpha value is -5.69. The average molecular weight is 754 g/mol. The fraction of sp³-hybridized carbons (Fsp3) is 0.275. The van der Waals surface area contributed by atoms with Crippen LogP contribution < -0.4 is 16.6 Å². The second-order valence-corrected chi connectivity index (χ2v) is 14.5. The van der Waals surface area contributed by atoms with Crippen molar-refractivity contribution in [2.75, 3.05) is 5.73 Å². The molecule has 6 aromatic rings. The molecular weight excluding hydrogens is 719 g/mol. The molecule has 1 saturated carbocycles. The number of nitrogens with zero attached hydrogens (tertiary/aromatic N) is 5. The van der Waals surface area contributed by atoms with Gasteiger partial charge < -0.3 is 16.0 Å². The molecule has 1 aliphatic heterocycles. The van der Waals surface area contributed by atoms with Crippen LogP contribution >= 0.6 is 11.6 Å². The number of benzene rings is 3. The molecule has 0 spiro atoms. The summed E-state index contributed by atoms with van der Waals surface area (Å²) in [5.41, 5.74) is 7.31. The first kappa shape index (κ1) is 35.3. The van der Waals surface area contributed by atoms with Crippen molar-refractivity contribution in [3.8, 4) is 5.69 Å². The second-order valence-electron chi connectivity index (χ2n) is 14.1. The van der Waals surface area contributed by atoms with Crippen molar-refractivity contribution in [3.05, 3.63) is 134 Å². The molecule has 14 heteroatoms. The Balaban J connectivity index is 1.07. The van der Waals surface area contributed by atoms with Crippen molar-refractivity contribution in [1.29, 1.82) is 0 Å². The SMILES string of the molecule is C[C@H](NC(=O)c1c(N)nn2ccc(CCc3cc4c(c(C(F)(F)F)c3)C(=O)N([C@@H](C)C3CC3)C4)nc12)c1cc2cccc(Cl)c2c(=O)n1-c1ccccc1. The van der Waals surface area contributed by atoms with Crippen molar-refractivity contribution < 1.29 is 22.8 Å². The normalized spacial score (nSPS) is 15.5. The number of hydrogen-bond donors (Lipinski definition) is 2. The van der Waals surface area contributed by atoms with E-state index in [1.165, 1.54) is 9.08 Å². The maximum absolute atomic E-state index is 14.3. The molecule has 8 rings (SSSR count). The molecule has 3 aromatic heterocycles. The van der Waals surface area contributed by atoms with Gasteiger partial charge in [0.1, 0.15) is 5.56 Å². The van der Waals surface area contributed by atoms with Crippen LogP contribution in [0.4, 0.5) is 19.0 Å². The van der Waals surface area contributed by atoms with Crippen molar-refractivity contribution in [2.24, 2.45) is 5.92 Å². The third-order valence-corrected chi connectivity index (χ3v) is 10.8. The predicted molar refractivity (Wildman–Crippen MR) is 199 cm³/mol. The molecule has 4 heterocycles. The molecule has 1 fully saturated rings. The Morgan fingerprint density at radius 2 is 1.78 bits per heavy atom. The highest BCUT2D eigenvalue weighted by Crippen LogP contribution is 2.42. The molecule has 2 atom stereocenters. The lowest BCUT2D eigenvalue weighted by Gasteiger charge is -2.24. The fourth-order valence-electron chi connectivity index (χ4n) is 7.53. The molecule has 1 aliphatic carbocycles. The second kappa shape index (κ2) is 13.3. The smallest absolute Gasteiger partial charge is 0.381 e. The minimum absolute atomic E-state index is 0.0152. The van der Waals surface area contributed by atoms with E-state index in [-0.39, 0.29) is 53.6 Å². The molecule has 276 valence electrons. The van der Waals surface area contributed by atoms with Gasteiger partial charge in [0.15, 0.2) is 11.5 Å². The van der Waals surface area contributed by atoms with Gasteiger partial charge in [0, 0.05) is 35.9 Å². The molecule has 3 N–H and O–H groups in total. The van der Waals surface area contributed by atoms with Crippen LogP contribution in [-0.4, -0.2) is 41.9 Å².